The van der Waals surface area contributed by atoms with Crippen LogP contribution in [0.2, 0.25) is 5.02 Å². The van der Waals surface area contributed by atoms with Crippen molar-refractivity contribution in [2.24, 2.45) is 0 Å². The molecule has 5 rings (SSSR count). The molecule has 186 valence electrons. The Bertz CT molecular complexity index is 1230. The minimum Gasteiger partial charge on any atom is -0.496 e. The average molecular weight is 499 g/mol. The fourth-order valence-corrected chi connectivity index (χ4v) is 5.59. The van der Waals surface area contributed by atoms with E-state index < -0.39 is 0 Å². The number of rotatable bonds is 6. The van der Waals surface area contributed by atoms with Crippen LogP contribution in [0.5, 0.6) is 11.5 Å². The van der Waals surface area contributed by atoms with Crippen molar-refractivity contribution in [3.8, 4) is 22.8 Å². The Kier molecular flexibility index (Phi) is 6.40. The first-order valence-electron chi connectivity index (χ1n) is 12.0. The minimum atomic E-state index is -0.175. The SMILES string of the molecule is COc1cc(OC)c(-c2cn3ccc(NC4C[C@H]5CC[C@@H](C4)N5C(=O)OC(C)C)cc3n2)cc1Cl. The Labute approximate surface area is 210 Å². The second-order valence-corrected chi connectivity index (χ2v) is 9.94. The Morgan fingerprint density at radius 1 is 1.11 bits per heavy atom. The van der Waals surface area contributed by atoms with Crippen LogP contribution in [0.25, 0.3) is 16.9 Å². The van der Waals surface area contributed by atoms with Gasteiger partial charge in [-0.15, -0.1) is 0 Å². The number of amides is 1. The molecule has 0 radical (unpaired) electrons. The number of halogens is 1. The predicted octanol–water partition coefficient (Wildman–Crippen LogP) is 5.62. The highest BCUT2D eigenvalue weighted by Crippen LogP contribution is 2.39. The zero-order chi connectivity index (χ0) is 24.7. The van der Waals surface area contributed by atoms with Gasteiger partial charge in [0.2, 0.25) is 0 Å². The summed E-state index contributed by atoms with van der Waals surface area (Å²) in [5.74, 6) is 1.20. The number of hydrogen-bond donors (Lipinski definition) is 1. The van der Waals surface area contributed by atoms with E-state index in [1.165, 1.54) is 0 Å². The number of ether oxygens (including phenoxy) is 3. The summed E-state index contributed by atoms with van der Waals surface area (Å²) in [5.41, 5.74) is 3.39. The van der Waals surface area contributed by atoms with Crippen molar-refractivity contribution in [3.63, 3.8) is 0 Å². The lowest BCUT2D eigenvalue weighted by Gasteiger charge is -2.39. The zero-order valence-electron chi connectivity index (χ0n) is 20.5. The molecule has 0 spiro atoms. The molecule has 35 heavy (non-hydrogen) atoms. The Morgan fingerprint density at radius 3 is 2.49 bits per heavy atom. The molecular weight excluding hydrogens is 468 g/mol. The van der Waals surface area contributed by atoms with E-state index in [1.54, 1.807) is 20.3 Å². The van der Waals surface area contributed by atoms with Gasteiger partial charge in [-0.3, -0.25) is 0 Å². The van der Waals surface area contributed by atoms with Crippen LogP contribution >= 0.6 is 11.6 Å². The molecule has 9 heteroatoms. The van der Waals surface area contributed by atoms with Crippen molar-refractivity contribution >= 4 is 29.0 Å². The topological polar surface area (TPSA) is 77.3 Å². The summed E-state index contributed by atoms with van der Waals surface area (Å²) in [7, 11) is 3.19. The lowest BCUT2D eigenvalue weighted by molar-refractivity contribution is 0.0483. The van der Waals surface area contributed by atoms with Crippen LogP contribution in [-0.4, -0.2) is 58.8 Å². The number of methoxy groups -OCH3 is 2. The number of anilines is 1. The van der Waals surface area contributed by atoms with Gasteiger partial charge in [0, 0.05) is 53.9 Å². The van der Waals surface area contributed by atoms with Gasteiger partial charge in [0.15, 0.2) is 0 Å². The fraction of sp³-hybridized carbons (Fsp3) is 0.462. The van der Waals surface area contributed by atoms with Crippen LogP contribution in [0.15, 0.2) is 36.7 Å². The number of pyridine rings is 1. The van der Waals surface area contributed by atoms with Crippen LogP contribution in [-0.2, 0) is 4.74 Å². The number of carbonyl (C=O) groups is 1. The highest BCUT2D eigenvalue weighted by atomic mass is 35.5. The highest BCUT2D eigenvalue weighted by Gasteiger charge is 2.44. The second kappa shape index (κ2) is 9.49. The van der Waals surface area contributed by atoms with E-state index in [1.807, 2.05) is 47.7 Å². The van der Waals surface area contributed by atoms with Gasteiger partial charge in [0.25, 0.3) is 0 Å². The number of carbonyl (C=O) groups excluding carboxylic acids is 1. The van der Waals surface area contributed by atoms with Gasteiger partial charge in [-0.05, 0) is 51.7 Å². The summed E-state index contributed by atoms with van der Waals surface area (Å²) < 4.78 is 18.3. The number of benzene rings is 1. The third kappa shape index (κ3) is 4.59. The zero-order valence-corrected chi connectivity index (χ0v) is 21.2. The molecule has 2 aliphatic rings. The lowest BCUT2D eigenvalue weighted by atomic mass is 9.97. The molecule has 2 saturated heterocycles. The minimum absolute atomic E-state index is 0.0992. The number of nitrogens with one attached hydrogen (secondary N) is 1. The normalized spacial score (nSPS) is 21.4. The van der Waals surface area contributed by atoms with Crippen LogP contribution in [0.1, 0.15) is 39.5 Å². The number of imidazole rings is 1. The number of aromatic nitrogens is 2. The van der Waals surface area contributed by atoms with E-state index in [2.05, 4.69) is 11.4 Å². The molecule has 2 fully saturated rings. The fourth-order valence-electron chi connectivity index (χ4n) is 5.35. The first-order chi connectivity index (χ1) is 16.9. The van der Waals surface area contributed by atoms with Gasteiger partial charge in [0.05, 0.1) is 31.0 Å². The van der Waals surface area contributed by atoms with E-state index in [4.69, 9.17) is 30.8 Å². The standard InChI is InChI=1S/C26H31ClN4O4/c1-15(2)35-26(32)31-18-5-6-19(31)10-17(9-18)28-16-7-8-30-14-22(29-25(30)11-16)20-12-21(27)24(34-4)13-23(20)33-3/h7-8,11-15,17-19,28H,5-6,9-10H2,1-4H3/t17?,18-,19+. The van der Waals surface area contributed by atoms with Crippen molar-refractivity contribution in [1.82, 2.24) is 14.3 Å². The molecule has 1 amide bonds. The number of hydrogen-bond acceptors (Lipinski definition) is 6. The van der Waals surface area contributed by atoms with Crippen molar-refractivity contribution in [1.29, 1.82) is 0 Å². The van der Waals surface area contributed by atoms with E-state index in [0.717, 1.165) is 48.3 Å². The van der Waals surface area contributed by atoms with Gasteiger partial charge >= 0.3 is 6.09 Å². The largest absolute Gasteiger partial charge is 0.496 e. The Morgan fingerprint density at radius 2 is 1.83 bits per heavy atom. The molecule has 1 unspecified atom stereocenters. The molecule has 0 aliphatic carbocycles. The summed E-state index contributed by atoms with van der Waals surface area (Å²) >= 11 is 6.37. The molecule has 3 atom stereocenters. The van der Waals surface area contributed by atoms with Crippen LogP contribution in [0.3, 0.4) is 0 Å². The van der Waals surface area contributed by atoms with E-state index in [9.17, 15) is 4.79 Å². The monoisotopic (exact) mass is 498 g/mol. The van der Waals surface area contributed by atoms with Gasteiger partial charge in [-0.25, -0.2) is 9.78 Å². The molecule has 2 bridgehead atoms. The molecule has 2 aromatic heterocycles. The van der Waals surface area contributed by atoms with E-state index in [-0.39, 0.29) is 24.3 Å². The lowest BCUT2D eigenvalue weighted by Crippen LogP contribution is -2.50. The number of nitrogens with zero attached hydrogens (tertiary/aromatic N) is 3. The first kappa shape index (κ1) is 23.6. The maximum absolute atomic E-state index is 12.6. The summed E-state index contributed by atoms with van der Waals surface area (Å²) in [4.78, 5) is 19.3. The van der Waals surface area contributed by atoms with E-state index >= 15 is 0 Å². The van der Waals surface area contributed by atoms with Crippen molar-refractivity contribution in [2.45, 2.75) is 63.8 Å². The summed E-state index contributed by atoms with van der Waals surface area (Å²) in [6, 6.07) is 8.44. The average Bonchev–Trinajstić information content (AvgIpc) is 3.36. The first-order valence-corrected chi connectivity index (χ1v) is 12.4. The molecule has 4 heterocycles. The summed E-state index contributed by atoms with van der Waals surface area (Å²) in [6.45, 7) is 3.79. The van der Waals surface area contributed by atoms with Gasteiger partial charge in [-0.2, -0.15) is 0 Å². The van der Waals surface area contributed by atoms with Gasteiger partial charge in [-0.1, -0.05) is 11.6 Å². The molecule has 8 nitrogen and oxygen atoms in total. The van der Waals surface area contributed by atoms with Crippen LogP contribution in [0, 0.1) is 0 Å². The van der Waals surface area contributed by atoms with Crippen molar-refractivity contribution < 1.29 is 19.0 Å². The van der Waals surface area contributed by atoms with Crippen LogP contribution in [0.4, 0.5) is 10.5 Å². The predicted molar refractivity (Wildman–Crippen MR) is 136 cm³/mol. The van der Waals surface area contributed by atoms with E-state index in [0.29, 0.717) is 22.6 Å². The van der Waals surface area contributed by atoms with Crippen molar-refractivity contribution in [2.75, 3.05) is 19.5 Å². The Balaban J connectivity index is 1.33. The molecular formula is C26H31ClN4O4. The second-order valence-electron chi connectivity index (χ2n) is 9.53. The molecule has 3 aromatic rings. The third-order valence-corrected chi connectivity index (χ3v) is 7.16. The quantitative estimate of drug-likeness (QED) is 0.475. The number of fused-ring (bicyclic) bond motifs is 3. The highest BCUT2D eigenvalue weighted by molar-refractivity contribution is 6.32. The number of piperidine rings is 1. The molecule has 1 N–H and O–H groups in total. The molecule has 0 saturated carbocycles. The third-order valence-electron chi connectivity index (χ3n) is 6.86. The van der Waals surface area contributed by atoms with Crippen molar-refractivity contribution in [3.05, 3.63) is 41.7 Å². The maximum Gasteiger partial charge on any atom is 0.410 e. The summed E-state index contributed by atoms with van der Waals surface area (Å²) in [5, 5.41) is 4.18. The molecule has 1 aromatic carbocycles. The summed E-state index contributed by atoms with van der Waals surface area (Å²) in [6.07, 6.45) is 7.57. The Hall–Kier alpha value is -3.13. The van der Waals surface area contributed by atoms with Gasteiger partial charge < -0.3 is 28.8 Å². The van der Waals surface area contributed by atoms with Gasteiger partial charge in [0.1, 0.15) is 17.1 Å². The molecule has 2 aliphatic heterocycles. The smallest absolute Gasteiger partial charge is 0.410 e. The van der Waals surface area contributed by atoms with Crippen LogP contribution < -0.4 is 14.8 Å². The maximum atomic E-state index is 12.6.